The highest BCUT2D eigenvalue weighted by molar-refractivity contribution is 5.71. The molecule has 1 aromatic rings. The lowest BCUT2D eigenvalue weighted by Gasteiger charge is -2.19. The quantitative estimate of drug-likeness (QED) is 0.673. The van der Waals surface area contributed by atoms with Crippen LogP contribution in [0.2, 0.25) is 0 Å². The Morgan fingerprint density at radius 2 is 1.73 bits per heavy atom. The Bertz CT molecular complexity index is 543. The molecule has 1 aromatic carbocycles. The second-order valence-corrected chi connectivity index (χ2v) is 5.69. The first-order chi connectivity index (χ1) is 10.1. The molecule has 0 saturated carbocycles. The largest absolute Gasteiger partial charge is 0.514 e. The van der Waals surface area contributed by atoms with Crippen LogP contribution < -0.4 is 9.47 Å². The first-order valence-electron chi connectivity index (χ1n) is 6.70. The Morgan fingerprint density at radius 1 is 1.09 bits per heavy atom. The molecular weight excluding hydrogens is 292 g/mol. The smallest absolute Gasteiger partial charge is 0.504 e. The van der Waals surface area contributed by atoms with E-state index in [4.69, 9.17) is 18.9 Å². The number of benzene rings is 1. The van der Waals surface area contributed by atoms with Gasteiger partial charge >= 0.3 is 12.3 Å². The molecule has 22 heavy (non-hydrogen) atoms. The minimum Gasteiger partial charge on any atom is -0.504 e. The van der Waals surface area contributed by atoms with E-state index in [2.05, 4.69) is 0 Å². The van der Waals surface area contributed by atoms with Gasteiger partial charge in [-0.3, -0.25) is 0 Å². The molecule has 0 heterocycles. The normalized spacial score (nSPS) is 11.0. The molecule has 0 unspecified atom stereocenters. The monoisotopic (exact) mass is 312 g/mol. The van der Waals surface area contributed by atoms with Crippen LogP contribution in [0.25, 0.3) is 0 Å². The SMILES string of the molecule is CC(C)OC(=O)Oc1c(O)cccc1OC(=O)OC(C)(C)C. The van der Waals surface area contributed by atoms with Gasteiger partial charge in [-0.15, -0.1) is 0 Å². The molecule has 0 aliphatic carbocycles. The van der Waals surface area contributed by atoms with E-state index in [0.717, 1.165) is 0 Å². The van der Waals surface area contributed by atoms with Gasteiger partial charge in [0.2, 0.25) is 5.75 Å². The number of para-hydroxylation sites is 1. The average Bonchev–Trinajstić information content (AvgIpc) is 2.30. The van der Waals surface area contributed by atoms with Gasteiger partial charge in [-0.25, -0.2) is 9.59 Å². The van der Waals surface area contributed by atoms with Crippen molar-refractivity contribution in [2.45, 2.75) is 46.3 Å². The summed E-state index contributed by atoms with van der Waals surface area (Å²) < 4.78 is 19.6. The maximum absolute atomic E-state index is 11.7. The summed E-state index contributed by atoms with van der Waals surface area (Å²) in [5, 5.41) is 9.75. The highest BCUT2D eigenvalue weighted by atomic mass is 16.8. The molecule has 0 atom stereocenters. The van der Waals surface area contributed by atoms with Crippen LogP contribution in [0.1, 0.15) is 34.6 Å². The number of hydrogen-bond acceptors (Lipinski definition) is 7. The third kappa shape index (κ3) is 5.90. The number of phenolic OH excluding ortho intramolecular Hbond substituents is 1. The number of aromatic hydroxyl groups is 1. The van der Waals surface area contributed by atoms with Gasteiger partial charge in [-0.2, -0.15) is 0 Å². The predicted octanol–water partition coefficient (Wildman–Crippen LogP) is 3.63. The van der Waals surface area contributed by atoms with E-state index in [1.807, 2.05) is 0 Å². The van der Waals surface area contributed by atoms with E-state index in [1.54, 1.807) is 34.6 Å². The first-order valence-corrected chi connectivity index (χ1v) is 6.70. The molecule has 0 amide bonds. The Hall–Kier alpha value is -2.44. The van der Waals surface area contributed by atoms with Crippen molar-refractivity contribution in [3.05, 3.63) is 18.2 Å². The van der Waals surface area contributed by atoms with E-state index in [9.17, 15) is 14.7 Å². The Morgan fingerprint density at radius 3 is 2.27 bits per heavy atom. The van der Waals surface area contributed by atoms with E-state index in [-0.39, 0.29) is 17.2 Å². The summed E-state index contributed by atoms with van der Waals surface area (Å²) in [5.41, 5.74) is -0.745. The molecular formula is C15H20O7. The maximum atomic E-state index is 11.7. The topological polar surface area (TPSA) is 91.3 Å². The predicted molar refractivity (Wildman–Crippen MR) is 77.2 cm³/mol. The zero-order valence-corrected chi connectivity index (χ0v) is 13.2. The van der Waals surface area contributed by atoms with Crippen molar-refractivity contribution in [1.82, 2.24) is 0 Å². The zero-order valence-electron chi connectivity index (χ0n) is 13.2. The standard InChI is InChI=1S/C15H20O7/c1-9(2)19-13(17)21-12-10(16)7-6-8-11(12)20-14(18)22-15(3,4)5/h6-9,16H,1-5H3. The van der Waals surface area contributed by atoms with Crippen molar-refractivity contribution in [1.29, 1.82) is 0 Å². The summed E-state index contributed by atoms with van der Waals surface area (Å²) in [7, 11) is 0. The minimum atomic E-state index is -1.02. The van der Waals surface area contributed by atoms with Crippen LogP contribution in [-0.2, 0) is 9.47 Å². The number of carbonyl (C=O) groups excluding carboxylic acids is 2. The second kappa shape index (κ2) is 7.02. The van der Waals surface area contributed by atoms with E-state index >= 15 is 0 Å². The molecule has 122 valence electrons. The lowest BCUT2D eigenvalue weighted by molar-refractivity contribution is 0.0193. The van der Waals surface area contributed by atoms with Gasteiger partial charge < -0.3 is 24.1 Å². The van der Waals surface area contributed by atoms with Crippen molar-refractivity contribution >= 4 is 12.3 Å². The zero-order chi connectivity index (χ0) is 16.9. The summed E-state index contributed by atoms with van der Waals surface area (Å²) >= 11 is 0. The summed E-state index contributed by atoms with van der Waals surface area (Å²) in [6.45, 7) is 8.31. The highest BCUT2D eigenvalue weighted by Gasteiger charge is 2.22. The molecule has 0 aromatic heterocycles. The molecule has 0 bridgehead atoms. The lowest BCUT2D eigenvalue weighted by Crippen LogP contribution is -2.26. The second-order valence-electron chi connectivity index (χ2n) is 5.69. The van der Waals surface area contributed by atoms with Gasteiger partial charge in [-0.05, 0) is 46.8 Å². The number of ether oxygens (including phenoxy) is 4. The van der Waals surface area contributed by atoms with Crippen LogP contribution in [0.5, 0.6) is 17.2 Å². The molecule has 0 spiro atoms. The van der Waals surface area contributed by atoms with Gasteiger partial charge in [0.05, 0.1) is 6.10 Å². The highest BCUT2D eigenvalue weighted by Crippen LogP contribution is 2.37. The molecule has 1 N–H and O–H groups in total. The average molecular weight is 312 g/mol. The van der Waals surface area contributed by atoms with E-state index < -0.39 is 24.0 Å². The van der Waals surface area contributed by atoms with Crippen molar-refractivity contribution in [2.75, 3.05) is 0 Å². The minimum absolute atomic E-state index is 0.157. The van der Waals surface area contributed by atoms with Crippen molar-refractivity contribution in [2.24, 2.45) is 0 Å². The van der Waals surface area contributed by atoms with Crippen molar-refractivity contribution in [3.8, 4) is 17.2 Å². The van der Waals surface area contributed by atoms with Gasteiger partial charge in [-0.1, -0.05) is 6.07 Å². The van der Waals surface area contributed by atoms with Crippen molar-refractivity contribution < 1.29 is 33.6 Å². The Balaban J connectivity index is 2.89. The number of phenols is 1. The molecule has 0 radical (unpaired) electrons. The van der Waals surface area contributed by atoms with Gasteiger partial charge in [0, 0.05) is 0 Å². The van der Waals surface area contributed by atoms with Crippen molar-refractivity contribution in [3.63, 3.8) is 0 Å². The number of rotatable bonds is 3. The maximum Gasteiger partial charge on any atom is 0.514 e. The molecule has 7 nitrogen and oxygen atoms in total. The van der Waals surface area contributed by atoms with E-state index in [0.29, 0.717) is 0 Å². The van der Waals surface area contributed by atoms with Crippen LogP contribution in [0.4, 0.5) is 9.59 Å². The Labute approximate surface area is 128 Å². The van der Waals surface area contributed by atoms with Crippen LogP contribution in [0.3, 0.4) is 0 Å². The van der Waals surface area contributed by atoms with Gasteiger partial charge in [0.15, 0.2) is 11.5 Å². The summed E-state index contributed by atoms with van der Waals surface area (Å²) in [6.07, 6.45) is -2.40. The van der Waals surface area contributed by atoms with Gasteiger partial charge in [0.25, 0.3) is 0 Å². The van der Waals surface area contributed by atoms with Gasteiger partial charge in [0.1, 0.15) is 5.60 Å². The third-order valence-corrected chi connectivity index (χ3v) is 2.06. The lowest BCUT2D eigenvalue weighted by atomic mass is 10.2. The first kappa shape index (κ1) is 17.6. The fourth-order valence-corrected chi connectivity index (χ4v) is 1.35. The number of carbonyl (C=O) groups is 2. The molecule has 7 heteroatoms. The third-order valence-electron chi connectivity index (χ3n) is 2.06. The Kier molecular flexibility index (Phi) is 5.62. The molecule has 0 saturated heterocycles. The summed E-state index contributed by atoms with van der Waals surface area (Å²) in [5.74, 6) is -0.851. The summed E-state index contributed by atoms with van der Waals surface area (Å²) in [6, 6.07) is 4.05. The van der Waals surface area contributed by atoms with Crippen LogP contribution >= 0.6 is 0 Å². The molecule has 0 fully saturated rings. The molecule has 1 rings (SSSR count). The van der Waals surface area contributed by atoms with Crippen LogP contribution in [0, 0.1) is 0 Å². The molecule has 0 aliphatic rings. The van der Waals surface area contributed by atoms with Crippen LogP contribution in [-0.4, -0.2) is 29.1 Å². The number of hydrogen-bond donors (Lipinski definition) is 1. The van der Waals surface area contributed by atoms with E-state index in [1.165, 1.54) is 18.2 Å². The summed E-state index contributed by atoms with van der Waals surface area (Å²) in [4.78, 5) is 23.2. The fraction of sp³-hybridized carbons (Fsp3) is 0.467. The fourth-order valence-electron chi connectivity index (χ4n) is 1.35. The molecule has 0 aliphatic heterocycles. The van der Waals surface area contributed by atoms with Crippen LogP contribution in [0.15, 0.2) is 18.2 Å².